The maximum atomic E-state index is 13.2. The van der Waals surface area contributed by atoms with Gasteiger partial charge in [-0.25, -0.2) is 0 Å². The van der Waals surface area contributed by atoms with Gasteiger partial charge >= 0.3 is 0 Å². The van der Waals surface area contributed by atoms with E-state index in [4.69, 9.17) is 9.47 Å². The van der Waals surface area contributed by atoms with Gasteiger partial charge in [0, 0.05) is 17.7 Å². The molecule has 2 N–H and O–H groups in total. The quantitative estimate of drug-likeness (QED) is 0.614. The number of phenolic OH excluding ortho intramolecular Hbond substituents is 1. The van der Waals surface area contributed by atoms with Crippen LogP contribution >= 0.6 is 0 Å². The van der Waals surface area contributed by atoms with E-state index in [2.05, 4.69) is 10.2 Å². The number of fused-ring (bicyclic) bond motifs is 1. The number of carbonyl (C=O) groups excluding carboxylic acids is 1. The largest absolute Gasteiger partial charge is 0.504 e. The molecule has 0 saturated carbocycles. The van der Waals surface area contributed by atoms with Crippen molar-refractivity contribution in [3.63, 3.8) is 0 Å². The third-order valence-corrected chi connectivity index (χ3v) is 5.27. The van der Waals surface area contributed by atoms with Crippen molar-refractivity contribution in [1.29, 1.82) is 0 Å². The van der Waals surface area contributed by atoms with Crippen molar-refractivity contribution in [3.05, 3.63) is 59.3 Å². The zero-order valence-corrected chi connectivity index (χ0v) is 17.3. The third-order valence-electron chi connectivity index (χ3n) is 5.27. The lowest BCUT2D eigenvalue weighted by Gasteiger charge is -2.26. The molecule has 7 heteroatoms. The Balaban J connectivity index is 1.87. The van der Waals surface area contributed by atoms with Gasteiger partial charge in [0.15, 0.2) is 11.5 Å². The molecule has 0 radical (unpaired) electrons. The number of hydrogen-bond donors (Lipinski definition) is 2. The van der Waals surface area contributed by atoms with Gasteiger partial charge in [-0.05, 0) is 43.2 Å². The van der Waals surface area contributed by atoms with Gasteiger partial charge in [-0.2, -0.15) is 5.10 Å². The number of hydrogen-bond acceptors (Lipinski definition) is 5. The summed E-state index contributed by atoms with van der Waals surface area (Å²) >= 11 is 0. The summed E-state index contributed by atoms with van der Waals surface area (Å²) in [6.45, 7) is 4.95. The van der Waals surface area contributed by atoms with Crippen molar-refractivity contribution in [2.45, 2.75) is 26.3 Å². The highest BCUT2D eigenvalue weighted by atomic mass is 16.5. The predicted octanol–water partition coefficient (Wildman–Crippen LogP) is 4.14. The van der Waals surface area contributed by atoms with Crippen molar-refractivity contribution < 1.29 is 19.4 Å². The molecular formula is C23H25N3O4. The van der Waals surface area contributed by atoms with Crippen LogP contribution in [-0.2, 0) is 0 Å². The number of aromatic amines is 1. The molecule has 156 valence electrons. The Kier molecular flexibility index (Phi) is 5.35. The van der Waals surface area contributed by atoms with Crippen molar-refractivity contribution in [2.75, 3.05) is 20.3 Å². The van der Waals surface area contributed by atoms with Crippen LogP contribution in [-0.4, -0.2) is 46.4 Å². The molecular weight excluding hydrogens is 382 g/mol. The number of nitrogens with zero attached hydrogens (tertiary/aromatic N) is 2. The summed E-state index contributed by atoms with van der Waals surface area (Å²) in [5.41, 5.74) is 3.77. The van der Waals surface area contributed by atoms with Gasteiger partial charge in [-0.3, -0.25) is 9.89 Å². The fraction of sp³-hybridized carbons (Fsp3) is 0.304. The SMILES string of the molecule is CCCN1C(=O)c2[nH]nc(-c3cccc(OC)c3)c2C1c1ccc(O)c(OCC)c1. The van der Waals surface area contributed by atoms with Gasteiger partial charge in [-0.15, -0.1) is 0 Å². The van der Waals surface area contributed by atoms with E-state index in [1.54, 1.807) is 19.2 Å². The van der Waals surface area contributed by atoms with Crippen LogP contribution in [0.15, 0.2) is 42.5 Å². The highest BCUT2D eigenvalue weighted by Crippen LogP contribution is 2.44. The first-order valence-electron chi connectivity index (χ1n) is 10.1. The third kappa shape index (κ3) is 3.26. The Morgan fingerprint density at radius 2 is 2.03 bits per heavy atom. The Bertz CT molecular complexity index is 1080. The average Bonchev–Trinajstić information content (AvgIpc) is 3.30. The van der Waals surface area contributed by atoms with Gasteiger partial charge in [0.25, 0.3) is 5.91 Å². The number of ether oxygens (including phenoxy) is 2. The fourth-order valence-corrected chi connectivity index (χ4v) is 3.98. The number of H-pyrrole nitrogens is 1. The maximum Gasteiger partial charge on any atom is 0.273 e. The normalized spacial score (nSPS) is 15.4. The molecule has 1 atom stereocenters. The van der Waals surface area contributed by atoms with E-state index < -0.39 is 0 Å². The number of amides is 1. The predicted molar refractivity (Wildman–Crippen MR) is 113 cm³/mol. The van der Waals surface area contributed by atoms with Crippen LogP contribution in [0.1, 0.15) is 47.9 Å². The van der Waals surface area contributed by atoms with E-state index in [9.17, 15) is 9.90 Å². The molecule has 4 rings (SSSR count). The van der Waals surface area contributed by atoms with Gasteiger partial charge in [0.1, 0.15) is 11.4 Å². The molecule has 1 aromatic heterocycles. The van der Waals surface area contributed by atoms with E-state index >= 15 is 0 Å². The highest BCUT2D eigenvalue weighted by Gasteiger charge is 2.42. The number of aromatic nitrogens is 2. The van der Waals surface area contributed by atoms with E-state index in [-0.39, 0.29) is 17.7 Å². The monoisotopic (exact) mass is 407 g/mol. The fourth-order valence-electron chi connectivity index (χ4n) is 3.98. The van der Waals surface area contributed by atoms with Crippen LogP contribution < -0.4 is 9.47 Å². The standard InChI is InChI=1S/C23H25N3O4/c1-4-11-26-22(15-9-10-17(27)18(13-15)30-5-2)19-20(24-25-21(19)23(26)28)14-7-6-8-16(12-14)29-3/h6-10,12-13,22,27H,4-5,11H2,1-3H3,(H,24,25). The van der Waals surface area contributed by atoms with Gasteiger partial charge in [-0.1, -0.05) is 25.1 Å². The van der Waals surface area contributed by atoms with Crippen LogP contribution in [0.3, 0.4) is 0 Å². The number of phenols is 1. The number of methoxy groups -OCH3 is 1. The molecule has 3 aromatic rings. The molecule has 0 bridgehead atoms. The van der Waals surface area contributed by atoms with Gasteiger partial charge < -0.3 is 19.5 Å². The van der Waals surface area contributed by atoms with Crippen molar-refractivity contribution >= 4 is 5.91 Å². The van der Waals surface area contributed by atoms with Gasteiger partial charge in [0.2, 0.25) is 0 Å². The van der Waals surface area contributed by atoms with Crippen LogP contribution in [0.4, 0.5) is 0 Å². The first-order chi connectivity index (χ1) is 14.6. The van der Waals surface area contributed by atoms with Gasteiger partial charge in [0.05, 0.1) is 25.5 Å². The second-order valence-electron chi connectivity index (χ2n) is 7.15. The first kappa shape index (κ1) is 19.8. The van der Waals surface area contributed by atoms with Crippen LogP contribution in [0.2, 0.25) is 0 Å². The van der Waals surface area contributed by atoms with E-state index in [1.165, 1.54) is 0 Å². The molecule has 1 aliphatic heterocycles. The van der Waals surface area contributed by atoms with Crippen molar-refractivity contribution in [1.82, 2.24) is 15.1 Å². The van der Waals surface area contributed by atoms with Crippen LogP contribution in [0.25, 0.3) is 11.3 Å². The lowest BCUT2D eigenvalue weighted by atomic mass is 9.95. The Morgan fingerprint density at radius 3 is 2.77 bits per heavy atom. The molecule has 1 amide bonds. The van der Waals surface area contributed by atoms with E-state index in [0.29, 0.717) is 30.3 Å². The number of rotatable bonds is 7. The molecule has 0 spiro atoms. The molecule has 1 unspecified atom stereocenters. The smallest absolute Gasteiger partial charge is 0.273 e. The van der Waals surface area contributed by atoms with Crippen LogP contribution in [0.5, 0.6) is 17.2 Å². The first-order valence-corrected chi connectivity index (χ1v) is 10.1. The second-order valence-corrected chi connectivity index (χ2v) is 7.15. The number of carbonyl (C=O) groups is 1. The summed E-state index contributed by atoms with van der Waals surface area (Å²) < 4.78 is 10.9. The Hall–Kier alpha value is -3.48. The minimum atomic E-state index is -0.327. The summed E-state index contributed by atoms with van der Waals surface area (Å²) in [5, 5.41) is 17.6. The zero-order chi connectivity index (χ0) is 21.3. The molecule has 0 saturated heterocycles. The Labute approximate surface area is 175 Å². The molecule has 0 aliphatic carbocycles. The minimum Gasteiger partial charge on any atom is -0.504 e. The van der Waals surface area contributed by atoms with E-state index in [1.807, 2.05) is 49.1 Å². The summed E-state index contributed by atoms with van der Waals surface area (Å²) in [5.74, 6) is 1.12. The lowest BCUT2D eigenvalue weighted by Crippen LogP contribution is -2.30. The van der Waals surface area contributed by atoms with Crippen molar-refractivity contribution in [2.24, 2.45) is 0 Å². The molecule has 0 fully saturated rings. The Morgan fingerprint density at radius 1 is 1.20 bits per heavy atom. The van der Waals surface area contributed by atoms with E-state index in [0.717, 1.165) is 28.9 Å². The molecule has 2 heterocycles. The molecule has 30 heavy (non-hydrogen) atoms. The maximum absolute atomic E-state index is 13.2. The average molecular weight is 407 g/mol. The summed E-state index contributed by atoms with van der Waals surface area (Å²) in [4.78, 5) is 15.0. The molecule has 2 aromatic carbocycles. The molecule has 1 aliphatic rings. The highest BCUT2D eigenvalue weighted by molar-refractivity contribution is 6.00. The minimum absolute atomic E-state index is 0.0763. The summed E-state index contributed by atoms with van der Waals surface area (Å²) in [6.07, 6.45) is 0.824. The number of nitrogens with one attached hydrogen (secondary N) is 1. The topological polar surface area (TPSA) is 87.7 Å². The lowest BCUT2D eigenvalue weighted by molar-refractivity contribution is 0.0743. The number of aromatic hydroxyl groups is 1. The summed E-state index contributed by atoms with van der Waals surface area (Å²) in [6, 6.07) is 12.5. The number of benzene rings is 2. The second kappa shape index (κ2) is 8.10. The molecule has 7 nitrogen and oxygen atoms in total. The van der Waals surface area contributed by atoms with Crippen molar-refractivity contribution in [3.8, 4) is 28.5 Å². The summed E-state index contributed by atoms with van der Waals surface area (Å²) in [7, 11) is 1.62. The zero-order valence-electron chi connectivity index (χ0n) is 17.3. The van der Waals surface area contributed by atoms with Crippen LogP contribution in [0, 0.1) is 0 Å².